The number of rotatable bonds is 4. The molecule has 6 nitrogen and oxygen atoms in total. The number of hydrogen-bond acceptors (Lipinski definition) is 4. The van der Waals surface area contributed by atoms with Crippen LogP contribution in [0.4, 0.5) is 0 Å². The number of primary sulfonamides is 1. The van der Waals surface area contributed by atoms with Gasteiger partial charge < -0.3 is 0 Å². The van der Waals surface area contributed by atoms with Gasteiger partial charge in [-0.3, -0.25) is 4.98 Å². The van der Waals surface area contributed by atoms with E-state index in [-0.39, 0.29) is 4.90 Å². The number of sulfonamides is 1. The van der Waals surface area contributed by atoms with Gasteiger partial charge in [-0.25, -0.2) is 18.2 Å². The van der Waals surface area contributed by atoms with Crippen molar-refractivity contribution in [3.05, 3.63) is 84.0 Å². The monoisotopic (exact) mass is 410 g/mol. The largest absolute Gasteiger partial charge is 0.255 e. The third kappa shape index (κ3) is 3.68. The summed E-state index contributed by atoms with van der Waals surface area (Å²) >= 11 is 5.98. The summed E-state index contributed by atoms with van der Waals surface area (Å²) in [5.74, 6) is 0. The molecule has 0 unspecified atom stereocenters. The van der Waals surface area contributed by atoms with Gasteiger partial charge in [-0.2, -0.15) is 5.10 Å². The minimum atomic E-state index is -3.76. The topological polar surface area (TPSA) is 90.9 Å². The molecule has 2 aromatic carbocycles. The van der Waals surface area contributed by atoms with Crippen LogP contribution in [0.2, 0.25) is 5.02 Å². The van der Waals surface area contributed by atoms with Crippen molar-refractivity contribution in [2.75, 3.05) is 0 Å². The molecule has 0 aliphatic heterocycles. The number of nitrogens with zero attached hydrogens (tertiary/aromatic N) is 3. The van der Waals surface area contributed by atoms with Gasteiger partial charge in [0, 0.05) is 16.8 Å². The highest BCUT2D eigenvalue weighted by molar-refractivity contribution is 7.89. The highest BCUT2D eigenvalue weighted by Crippen LogP contribution is 2.28. The second-order valence-corrected chi connectivity index (χ2v) is 8.09. The summed E-state index contributed by atoms with van der Waals surface area (Å²) in [5, 5.41) is 10.5. The van der Waals surface area contributed by atoms with Crippen LogP contribution in [-0.4, -0.2) is 23.2 Å². The molecule has 0 aliphatic carbocycles. The van der Waals surface area contributed by atoms with Crippen molar-refractivity contribution in [3.63, 3.8) is 0 Å². The maximum atomic E-state index is 11.5. The fourth-order valence-corrected chi connectivity index (χ4v) is 3.45. The lowest BCUT2D eigenvalue weighted by molar-refractivity contribution is 0.598. The van der Waals surface area contributed by atoms with E-state index in [9.17, 15) is 8.42 Å². The van der Waals surface area contributed by atoms with E-state index < -0.39 is 10.0 Å². The summed E-state index contributed by atoms with van der Waals surface area (Å²) in [4.78, 5) is 4.46. The predicted octanol–water partition coefficient (Wildman–Crippen LogP) is 3.90. The Balaban J connectivity index is 1.86. The standard InChI is InChI=1S/C20H15ClN4O2S/c21-15-6-4-14(5-7-15)19-13-20(18-3-1-2-12-23-18)25(24-19)16-8-10-17(11-9-16)28(22,26)27/h1-13H,(H2,22,26,27). The molecular formula is C20H15ClN4O2S. The molecule has 8 heteroatoms. The van der Waals surface area contributed by atoms with Crippen molar-refractivity contribution in [3.8, 4) is 28.3 Å². The molecule has 0 spiro atoms. The van der Waals surface area contributed by atoms with Crippen LogP contribution in [0.25, 0.3) is 28.3 Å². The van der Waals surface area contributed by atoms with E-state index in [1.54, 1.807) is 35.1 Å². The quantitative estimate of drug-likeness (QED) is 0.552. The average Bonchev–Trinajstić information content (AvgIpc) is 3.14. The summed E-state index contributed by atoms with van der Waals surface area (Å²) in [6, 6.07) is 21.2. The van der Waals surface area contributed by atoms with Gasteiger partial charge in [-0.15, -0.1) is 0 Å². The molecule has 2 N–H and O–H groups in total. The summed E-state index contributed by atoms with van der Waals surface area (Å²) in [7, 11) is -3.76. The number of nitrogens with two attached hydrogens (primary N) is 1. The van der Waals surface area contributed by atoms with Gasteiger partial charge >= 0.3 is 0 Å². The van der Waals surface area contributed by atoms with Crippen molar-refractivity contribution in [1.29, 1.82) is 0 Å². The molecule has 0 atom stereocenters. The maximum absolute atomic E-state index is 11.5. The van der Waals surface area contributed by atoms with Gasteiger partial charge in [0.25, 0.3) is 0 Å². The lowest BCUT2D eigenvalue weighted by Gasteiger charge is -2.07. The molecule has 0 fully saturated rings. The van der Waals surface area contributed by atoms with Gasteiger partial charge in [0.2, 0.25) is 10.0 Å². The van der Waals surface area contributed by atoms with E-state index in [4.69, 9.17) is 21.8 Å². The fourth-order valence-electron chi connectivity index (χ4n) is 2.81. The molecule has 140 valence electrons. The molecule has 0 radical (unpaired) electrons. The van der Waals surface area contributed by atoms with E-state index in [0.29, 0.717) is 10.7 Å². The molecule has 2 aromatic heterocycles. The molecule has 28 heavy (non-hydrogen) atoms. The van der Waals surface area contributed by atoms with E-state index in [1.165, 1.54) is 12.1 Å². The molecular weight excluding hydrogens is 396 g/mol. The highest BCUT2D eigenvalue weighted by Gasteiger charge is 2.15. The Kier molecular flexibility index (Phi) is 4.72. The zero-order valence-corrected chi connectivity index (χ0v) is 16.1. The minimum absolute atomic E-state index is 0.0423. The minimum Gasteiger partial charge on any atom is -0.255 e. The molecule has 4 aromatic rings. The first-order chi connectivity index (χ1) is 13.4. The Bertz CT molecular complexity index is 1220. The van der Waals surface area contributed by atoms with Crippen molar-refractivity contribution >= 4 is 21.6 Å². The van der Waals surface area contributed by atoms with E-state index in [2.05, 4.69) is 4.98 Å². The van der Waals surface area contributed by atoms with Gasteiger partial charge in [-0.1, -0.05) is 29.8 Å². The number of hydrogen-bond donors (Lipinski definition) is 1. The predicted molar refractivity (Wildman–Crippen MR) is 109 cm³/mol. The van der Waals surface area contributed by atoms with Crippen LogP contribution in [0.5, 0.6) is 0 Å². The van der Waals surface area contributed by atoms with Crippen molar-refractivity contribution < 1.29 is 8.42 Å². The molecule has 2 heterocycles. The van der Waals surface area contributed by atoms with E-state index >= 15 is 0 Å². The average molecular weight is 411 g/mol. The Hall–Kier alpha value is -3.00. The Morgan fingerprint density at radius 1 is 0.893 bits per heavy atom. The SMILES string of the molecule is NS(=O)(=O)c1ccc(-n2nc(-c3ccc(Cl)cc3)cc2-c2ccccn2)cc1. The van der Waals surface area contributed by atoms with Gasteiger partial charge in [0.05, 0.1) is 27.7 Å². The lowest BCUT2D eigenvalue weighted by Crippen LogP contribution is -2.12. The Morgan fingerprint density at radius 3 is 2.21 bits per heavy atom. The lowest BCUT2D eigenvalue weighted by atomic mass is 10.1. The van der Waals surface area contributed by atoms with E-state index in [0.717, 1.165) is 22.6 Å². The van der Waals surface area contributed by atoms with Crippen LogP contribution < -0.4 is 5.14 Å². The molecule has 0 bridgehead atoms. The molecule has 0 aliphatic rings. The van der Waals surface area contributed by atoms with Crippen LogP contribution in [-0.2, 0) is 10.0 Å². The normalized spacial score (nSPS) is 11.5. The molecule has 0 saturated carbocycles. The number of aromatic nitrogens is 3. The first kappa shape index (κ1) is 18.4. The maximum Gasteiger partial charge on any atom is 0.238 e. The molecule has 0 amide bonds. The second-order valence-electron chi connectivity index (χ2n) is 6.09. The summed E-state index contributed by atoms with van der Waals surface area (Å²) in [5.41, 5.74) is 3.85. The fraction of sp³-hybridized carbons (Fsp3) is 0. The van der Waals surface area contributed by atoms with Crippen LogP contribution in [0.15, 0.2) is 83.9 Å². The summed E-state index contributed by atoms with van der Waals surface area (Å²) in [6.45, 7) is 0. The van der Waals surface area contributed by atoms with Gasteiger partial charge in [0.1, 0.15) is 0 Å². The first-order valence-corrected chi connectivity index (χ1v) is 10.2. The van der Waals surface area contributed by atoms with E-state index in [1.807, 2.05) is 36.4 Å². The van der Waals surface area contributed by atoms with Gasteiger partial charge in [0.15, 0.2) is 0 Å². The second kappa shape index (κ2) is 7.20. The molecule has 0 saturated heterocycles. The first-order valence-electron chi connectivity index (χ1n) is 8.32. The van der Waals surface area contributed by atoms with Gasteiger partial charge in [-0.05, 0) is 54.6 Å². The Labute approximate surface area is 167 Å². The van der Waals surface area contributed by atoms with Crippen LogP contribution in [0.3, 0.4) is 0 Å². The van der Waals surface area contributed by atoms with Crippen molar-refractivity contribution in [2.45, 2.75) is 4.90 Å². The zero-order chi connectivity index (χ0) is 19.7. The number of halogens is 1. The summed E-state index contributed by atoms with van der Waals surface area (Å²) in [6.07, 6.45) is 1.71. The smallest absolute Gasteiger partial charge is 0.238 e. The van der Waals surface area contributed by atoms with Crippen LogP contribution in [0.1, 0.15) is 0 Å². The summed E-state index contributed by atoms with van der Waals surface area (Å²) < 4.78 is 24.8. The van der Waals surface area contributed by atoms with Crippen LogP contribution >= 0.6 is 11.6 Å². The third-order valence-electron chi connectivity index (χ3n) is 4.19. The Morgan fingerprint density at radius 2 is 1.61 bits per heavy atom. The number of benzene rings is 2. The van der Waals surface area contributed by atoms with Crippen molar-refractivity contribution in [1.82, 2.24) is 14.8 Å². The third-order valence-corrected chi connectivity index (χ3v) is 5.37. The molecule has 4 rings (SSSR count). The number of pyridine rings is 1. The van der Waals surface area contributed by atoms with Crippen molar-refractivity contribution in [2.24, 2.45) is 5.14 Å². The zero-order valence-electron chi connectivity index (χ0n) is 14.5. The van der Waals surface area contributed by atoms with Crippen LogP contribution in [0, 0.1) is 0 Å². The highest BCUT2D eigenvalue weighted by atomic mass is 35.5.